The molecule has 2 heterocycles. The van der Waals surface area contributed by atoms with Crippen molar-refractivity contribution in [2.24, 2.45) is 11.8 Å². The number of fused-ring (bicyclic) bond motifs is 1. The third kappa shape index (κ3) is 5.77. The van der Waals surface area contributed by atoms with E-state index >= 15 is 0 Å². The van der Waals surface area contributed by atoms with Gasteiger partial charge in [-0.2, -0.15) is 5.10 Å². The fourth-order valence-corrected chi connectivity index (χ4v) is 5.23. The zero-order chi connectivity index (χ0) is 27.6. The largest absolute Gasteiger partial charge is 0.379 e. The molecule has 4 aromatic rings. The van der Waals surface area contributed by atoms with Crippen molar-refractivity contribution >= 4 is 22.7 Å². The molecule has 1 saturated heterocycles. The Balaban J connectivity index is 1.01. The summed E-state index contributed by atoms with van der Waals surface area (Å²) in [5, 5.41) is 8.63. The number of amides is 2. The van der Waals surface area contributed by atoms with Crippen molar-refractivity contribution in [2.75, 3.05) is 32.8 Å². The topological polar surface area (TPSA) is 76.5 Å². The van der Waals surface area contributed by atoms with Crippen LogP contribution in [0, 0.1) is 24.6 Å². The summed E-state index contributed by atoms with van der Waals surface area (Å²) in [5.41, 5.74) is 4.92. The lowest BCUT2D eigenvalue weighted by Gasteiger charge is -2.39. The summed E-state index contributed by atoms with van der Waals surface area (Å²) in [6.07, 6.45) is 4.51. The lowest BCUT2D eigenvalue weighted by Crippen LogP contribution is -2.51. The minimum absolute atomic E-state index is 0.0111. The number of halogens is 1. The highest BCUT2D eigenvalue weighted by Gasteiger charge is 2.31. The second-order valence-corrected chi connectivity index (χ2v) is 11.0. The van der Waals surface area contributed by atoms with E-state index in [1.54, 1.807) is 12.1 Å². The van der Waals surface area contributed by atoms with Crippen LogP contribution in [0.1, 0.15) is 39.1 Å². The van der Waals surface area contributed by atoms with Gasteiger partial charge in [0.1, 0.15) is 5.82 Å². The third-order valence-electron chi connectivity index (χ3n) is 7.83. The molecule has 3 aromatic carbocycles. The molecule has 0 unspecified atom stereocenters. The molecule has 0 atom stereocenters. The number of hydrogen-bond acceptors (Lipinski definition) is 4. The lowest BCUT2D eigenvalue weighted by atomic mass is 9.98. The van der Waals surface area contributed by atoms with Crippen LogP contribution in [-0.2, 0) is 11.3 Å². The molecule has 206 valence electrons. The molecular formula is C32H33FN4O3. The number of aryl methyl sites for hydroxylation is 1. The van der Waals surface area contributed by atoms with Crippen molar-refractivity contribution in [2.45, 2.75) is 26.3 Å². The summed E-state index contributed by atoms with van der Waals surface area (Å²) in [4.78, 5) is 27.5. The number of aromatic nitrogens is 2. The molecule has 0 radical (unpaired) electrons. The van der Waals surface area contributed by atoms with Gasteiger partial charge >= 0.3 is 0 Å². The van der Waals surface area contributed by atoms with Crippen LogP contribution in [0.25, 0.3) is 22.0 Å². The normalized spacial score (nSPS) is 15.3. The van der Waals surface area contributed by atoms with Crippen LogP contribution in [0.5, 0.6) is 0 Å². The Kier molecular flexibility index (Phi) is 7.34. The standard InChI is InChI=1S/C32H33FN4O3/c1-21-28(31(38)34-14-15-40-20-22-2-3-22)12-13-30-29(21)19-37(35-30)18-23-16-36(17-23)32(39)26-6-4-24(5-7-26)25-8-10-27(33)11-9-25/h4-13,19,22-23H,2-3,14-18,20H2,1H3,(H,34,38). The highest BCUT2D eigenvalue weighted by atomic mass is 19.1. The van der Waals surface area contributed by atoms with Gasteiger partial charge in [0.15, 0.2) is 0 Å². The first-order valence-electron chi connectivity index (χ1n) is 13.9. The second-order valence-electron chi connectivity index (χ2n) is 11.0. The molecule has 2 aliphatic rings. The van der Waals surface area contributed by atoms with E-state index < -0.39 is 0 Å². The molecule has 8 heteroatoms. The van der Waals surface area contributed by atoms with E-state index in [2.05, 4.69) is 5.32 Å². The summed E-state index contributed by atoms with van der Waals surface area (Å²) in [6, 6.07) is 17.5. The van der Waals surface area contributed by atoms with Crippen molar-refractivity contribution in [1.29, 1.82) is 0 Å². The molecule has 7 nitrogen and oxygen atoms in total. The fraction of sp³-hybridized carbons (Fsp3) is 0.344. The lowest BCUT2D eigenvalue weighted by molar-refractivity contribution is 0.0462. The van der Waals surface area contributed by atoms with E-state index in [0.717, 1.165) is 34.2 Å². The molecule has 6 rings (SSSR count). The number of nitrogens with zero attached hydrogens (tertiary/aromatic N) is 3. The predicted octanol–water partition coefficient (Wildman–Crippen LogP) is 5.08. The van der Waals surface area contributed by atoms with Crippen LogP contribution in [0.4, 0.5) is 4.39 Å². The number of rotatable bonds is 10. The summed E-state index contributed by atoms with van der Waals surface area (Å²) < 4.78 is 20.7. The minimum Gasteiger partial charge on any atom is -0.379 e. The number of ether oxygens (including phenoxy) is 1. The highest BCUT2D eigenvalue weighted by Crippen LogP contribution is 2.29. The second kappa shape index (κ2) is 11.2. The van der Waals surface area contributed by atoms with Crippen molar-refractivity contribution < 1.29 is 18.7 Å². The van der Waals surface area contributed by atoms with Gasteiger partial charge in [-0.15, -0.1) is 0 Å². The van der Waals surface area contributed by atoms with E-state index in [1.807, 2.05) is 59.1 Å². The first kappa shape index (κ1) is 26.2. The maximum atomic E-state index is 13.2. The van der Waals surface area contributed by atoms with Crippen LogP contribution in [0.3, 0.4) is 0 Å². The van der Waals surface area contributed by atoms with Crippen molar-refractivity contribution in [3.05, 3.63) is 89.4 Å². The summed E-state index contributed by atoms with van der Waals surface area (Å²) in [6.45, 7) is 5.83. The Labute approximate surface area is 232 Å². The predicted molar refractivity (Wildman–Crippen MR) is 152 cm³/mol. The molecular weight excluding hydrogens is 507 g/mol. The van der Waals surface area contributed by atoms with Crippen LogP contribution in [0.15, 0.2) is 66.9 Å². The molecule has 1 aliphatic heterocycles. The SMILES string of the molecule is Cc1c(C(=O)NCCOCC2CC2)ccc2nn(CC3CN(C(=O)c4ccc(-c5ccc(F)cc5)cc4)C3)cc12. The molecule has 1 saturated carbocycles. The number of carbonyl (C=O) groups excluding carboxylic acids is 2. The van der Waals surface area contributed by atoms with Gasteiger partial charge in [-0.1, -0.05) is 24.3 Å². The van der Waals surface area contributed by atoms with Gasteiger partial charge in [0, 0.05) is 61.4 Å². The van der Waals surface area contributed by atoms with Gasteiger partial charge in [-0.3, -0.25) is 14.3 Å². The van der Waals surface area contributed by atoms with Crippen molar-refractivity contribution in [1.82, 2.24) is 20.0 Å². The average Bonchev–Trinajstić information content (AvgIpc) is 3.67. The smallest absolute Gasteiger partial charge is 0.253 e. The number of likely N-dealkylation sites (tertiary alicyclic amines) is 1. The first-order chi connectivity index (χ1) is 19.4. The van der Waals surface area contributed by atoms with E-state index in [4.69, 9.17) is 9.84 Å². The van der Waals surface area contributed by atoms with Gasteiger partial charge in [0.25, 0.3) is 11.8 Å². The number of nitrogens with one attached hydrogen (secondary N) is 1. The monoisotopic (exact) mass is 540 g/mol. The molecule has 1 aliphatic carbocycles. The van der Waals surface area contributed by atoms with Crippen molar-refractivity contribution in [3.8, 4) is 11.1 Å². The maximum absolute atomic E-state index is 13.2. The minimum atomic E-state index is -0.269. The first-order valence-corrected chi connectivity index (χ1v) is 13.9. The van der Waals surface area contributed by atoms with E-state index in [9.17, 15) is 14.0 Å². The number of hydrogen-bond donors (Lipinski definition) is 1. The van der Waals surface area contributed by atoms with E-state index in [-0.39, 0.29) is 17.6 Å². The van der Waals surface area contributed by atoms with Gasteiger partial charge in [-0.25, -0.2) is 4.39 Å². The van der Waals surface area contributed by atoms with Crippen LogP contribution in [0.2, 0.25) is 0 Å². The molecule has 0 spiro atoms. The number of carbonyl (C=O) groups is 2. The van der Waals surface area contributed by atoms with Gasteiger partial charge in [0.2, 0.25) is 0 Å². The summed E-state index contributed by atoms with van der Waals surface area (Å²) in [7, 11) is 0. The quantitative estimate of drug-likeness (QED) is 0.285. The van der Waals surface area contributed by atoms with Gasteiger partial charge in [0.05, 0.1) is 12.1 Å². The Hall–Kier alpha value is -4.04. The molecule has 2 amide bonds. The van der Waals surface area contributed by atoms with Crippen LogP contribution >= 0.6 is 0 Å². The zero-order valence-corrected chi connectivity index (χ0v) is 22.6. The molecule has 2 fully saturated rings. The van der Waals surface area contributed by atoms with Crippen LogP contribution < -0.4 is 5.32 Å². The van der Waals surface area contributed by atoms with Gasteiger partial charge in [-0.05, 0) is 78.8 Å². The summed E-state index contributed by atoms with van der Waals surface area (Å²) in [5.74, 6) is 0.676. The van der Waals surface area contributed by atoms with Crippen LogP contribution in [-0.4, -0.2) is 59.3 Å². The Bertz CT molecular complexity index is 1520. The molecule has 1 aromatic heterocycles. The Morgan fingerprint density at radius 3 is 2.38 bits per heavy atom. The van der Waals surface area contributed by atoms with E-state index in [0.29, 0.717) is 55.7 Å². The van der Waals surface area contributed by atoms with Gasteiger partial charge < -0.3 is 15.0 Å². The average molecular weight is 541 g/mol. The highest BCUT2D eigenvalue weighted by molar-refractivity contribution is 6.00. The fourth-order valence-electron chi connectivity index (χ4n) is 5.23. The molecule has 0 bridgehead atoms. The van der Waals surface area contributed by atoms with Crippen molar-refractivity contribution in [3.63, 3.8) is 0 Å². The Morgan fingerprint density at radius 1 is 0.975 bits per heavy atom. The maximum Gasteiger partial charge on any atom is 0.253 e. The molecule has 40 heavy (non-hydrogen) atoms. The zero-order valence-electron chi connectivity index (χ0n) is 22.6. The third-order valence-corrected chi connectivity index (χ3v) is 7.83. The Morgan fingerprint density at radius 2 is 1.68 bits per heavy atom. The van der Waals surface area contributed by atoms with E-state index in [1.165, 1.54) is 25.0 Å². The summed E-state index contributed by atoms with van der Waals surface area (Å²) >= 11 is 0. The number of benzene rings is 3. The molecule has 1 N–H and O–H groups in total.